The van der Waals surface area contributed by atoms with Gasteiger partial charge >= 0.3 is 5.76 Å². The summed E-state index contributed by atoms with van der Waals surface area (Å²) in [6.07, 6.45) is 1.99. The van der Waals surface area contributed by atoms with Crippen molar-refractivity contribution in [2.24, 2.45) is 0 Å². The average molecular weight is 441 g/mol. The first-order chi connectivity index (χ1) is 16.1. The van der Waals surface area contributed by atoms with Crippen molar-refractivity contribution >= 4 is 27.9 Å². The van der Waals surface area contributed by atoms with E-state index in [0.717, 1.165) is 27.8 Å². The number of benzene rings is 3. The number of nitrogens with one attached hydrogen (secondary N) is 2. The smallest absolute Gasteiger partial charge is 0.420 e. The van der Waals surface area contributed by atoms with Crippen LogP contribution in [0.4, 0.5) is 0 Å². The number of fused-ring (bicyclic) bond motifs is 2. The monoisotopic (exact) mass is 441 g/mol. The number of ether oxygens (including phenoxy) is 1. The van der Waals surface area contributed by atoms with Crippen LogP contribution in [-0.4, -0.2) is 29.1 Å². The maximum atomic E-state index is 12.8. The Labute approximate surface area is 189 Å². The van der Waals surface area contributed by atoms with Gasteiger partial charge in [0.15, 0.2) is 5.58 Å². The number of carbonyl (C=O) groups is 1. The van der Waals surface area contributed by atoms with Gasteiger partial charge in [-0.3, -0.25) is 9.36 Å². The minimum atomic E-state index is -0.547. The summed E-state index contributed by atoms with van der Waals surface area (Å²) in [6.45, 7) is 0.261. The standard InChI is InChI=1S/C26H23N3O4/c1-32-18-12-10-17(11-13-18)20(21-15-27-22-7-3-2-6-19(21)22)14-28-25(30)16-29-23-8-4-5-9-24(23)33-26(29)31/h2-13,15,20,27H,14,16H2,1H3,(H,28,30). The third-order valence-corrected chi connectivity index (χ3v) is 5.89. The Kier molecular flexibility index (Phi) is 5.44. The molecule has 2 N–H and O–H groups in total. The molecular formula is C26H23N3O4. The Morgan fingerprint density at radius 3 is 2.64 bits per heavy atom. The summed E-state index contributed by atoms with van der Waals surface area (Å²) in [4.78, 5) is 28.4. The summed E-state index contributed by atoms with van der Waals surface area (Å²) >= 11 is 0. The topological polar surface area (TPSA) is 89.3 Å². The van der Waals surface area contributed by atoms with E-state index in [1.165, 1.54) is 4.57 Å². The van der Waals surface area contributed by atoms with Crippen LogP contribution in [0.5, 0.6) is 5.75 Å². The van der Waals surface area contributed by atoms with E-state index >= 15 is 0 Å². The summed E-state index contributed by atoms with van der Waals surface area (Å²) in [6, 6.07) is 23.0. The van der Waals surface area contributed by atoms with Crippen LogP contribution < -0.4 is 15.8 Å². The molecule has 0 aliphatic carbocycles. The molecule has 166 valence electrons. The van der Waals surface area contributed by atoms with E-state index in [9.17, 15) is 9.59 Å². The number of hydrogen-bond donors (Lipinski definition) is 2. The molecule has 1 unspecified atom stereocenters. The molecule has 0 aliphatic rings. The molecule has 0 aliphatic heterocycles. The lowest BCUT2D eigenvalue weighted by atomic mass is 9.91. The van der Waals surface area contributed by atoms with Gasteiger partial charge in [-0.1, -0.05) is 42.5 Å². The van der Waals surface area contributed by atoms with Gasteiger partial charge in [-0.15, -0.1) is 0 Å². The molecule has 7 nitrogen and oxygen atoms in total. The van der Waals surface area contributed by atoms with E-state index in [2.05, 4.69) is 16.4 Å². The van der Waals surface area contributed by atoms with E-state index < -0.39 is 5.76 Å². The highest BCUT2D eigenvalue weighted by molar-refractivity contribution is 5.84. The van der Waals surface area contributed by atoms with Crippen LogP contribution in [0.15, 0.2) is 88.2 Å². The van der Waals surface area contributed by atoms with Crippen molar-refractivity contribution in [3.63, 3.8) is 0 Å². The number of aromatic nitrogens is 2. The first kappa shape index (κ1) is 20.6. The number of nitrogens with zero attached hydrogens (tertiary/aromatic N) is 1. The first-order valence-corrected chi connectivity index (χ1v) is 10.7. The van der Waals surface area contributed by atoms with Crippen LogP contribution >= 0.6 is 0 Å². The molecule has 0 saturated carbocycles. The second-order valence-electron chi connectivity index (χ2n) is 7.84. The number of oxazole rings is 1. The highest BCUT2D eigenvalue weighted by atomic mass is 16.5. The van der Waals surface area contributed by atoms with E-state index in [4.69, 9.17) is 9.15 Å². The van der Waals surface area contributed by atoms with Gasteiger partial charge in [0.25, 0.3) is 0 Å². The number of hydrogen-bond acceptors (Lipinski definition) is 4. The molecule has 1 amide bonds. The predicted molar refractivity (Wildman–Crippen MR) is 127 cm³/mol. The fraction of sp³-hybridized carbons (Fsp3) is 0.154. The second kappa shape index (κ2) is 8.70. The third kappa shape index (κ3) is 4.01. The minimum absolute atomic E-state index is 0.0891. The zero-order chi connectivity index (χ0) is 22.8. The minimum Gasteiger partial charge on any atom is -0.497 e. The summed E-state index contributed by atoms with van der Waals surface area (Å²) < 4.78 is 11.9. The van der Waals surface area contributed by atoms with E-state index in [-0.39, 0.29) is 18.4 Å². The van der Waals surface area contributed by atoms with Crippen molar-refractivity contribution in [2.75, 3.05) is 13.7 Å². The largest absolute Gasteiger partial charge is 0.497 e. The summed E-state index contributed by atoms with van der Waals surface area (Å²) in [7, 11) is 1.63. The van der Waals surface area contributed by atoms with Gasteiger partial charge in [-0.2, -0.15) is 0 Å². The molecule has 3 aromatic carbocycles. The summed E-state index contributed by atoms with van der Waals surface area (Å²) in [5, 5.41) is 4.11. The number of carbonyl (C=O) groups excluding carboxylic acids is 1. The molecule has 0 fully saturated rings. The normalized spacial score (nSPS) is 12.2. The Morgan fingerprint density at radius 1 is 1.06 bits per heavy atom. The molecule has 7 heteroatoms. The summed E-state index contributed by atoms with van der Waals surface area (Å²) in [5.74, 6) is -0.128. The van der Waals surface area contributed by atoms with Gasteiger partial charge in [0.2, 0.25) is 5.91 Å². The van der Waals surface area contributed by atoms with Crippen LogP contribution in [0.2, 0.25) is 0 Å². The van der Waals surface area contributed by atoms with Crippen LogP contribution in [-0.2, 0) is 11.3 Å². The molecule has 2 heterocycles. The fourth-order valence-corrected chi connectivity index (χ4v) is 4.20. The molecule has 0 bridgehead atoms. The lowest BCUT2D eigenvalue weighted by Crippen LogP contribution is -2.33. The quantitative estimate of drug-likeness (QED) is 0.399. The molecular weight excluding hydrogens is 418 g/mol. The first-order valence-electron chi connectivity index (χ1n) is 10.7. The lowest BCUT2D eigenvalue weighted by Gasteiger charge is -2.19. The Morgan fingerprint density at radius 2 is 1.82 bits per heavy atom. The van der Waals surface area contributed by atoms with Crippen molar-refractivity contribution < 1.29 is 13.9 Å². The lowest BCUT2D eigenvalue weighted by molar-refractivity contribution is -0.121. The molecule has 33 heavy (non-hydrogen) atoms. The number of H-pyrrole nitrogens is 1. The average Bonchev–Trinajstić information content (AvgIpc) is 3.41. The Bertz CT molecular complexity index is 1480. The predicted octanol–water partition coefficient (Wildman–Crippen LogP) is 4.03. The van der Waals surface area contributed by atoms with Gasteiger partial charge in [0.05, 0.1) is 12.6 Å². The van der Waals surface area contributed by atoms with Crippen molar-refractivity contribution in [3.05, 3.63) is 101 Å². The molecule has 0 saturated heterocycles. The highest BCUT2D eigenvalue weighted by Crippen LogP contribution is 2.31. The number of amides is 1. The maximum Gasteiger partial charge on any atom is 0.420 e. The molecule has 5 aromatic rings. The third-order valence-electron chi connectivity index (χ3n) is 5.89. The molecule has 2 aromatic heterocycles. The van der Waals surface area contributed by atoms with Crippen molar-refractivity contribution in [1.29, 1.82) is 0 Å². The van der Waals surface area contributed by atoms with E-state index in [1.54, 1.807) is 25.3 Å². The molecule has 5 rings (SSSR count). The zero-order valence-corrected chi connectivity index (χ0v) is 18.1. The fourth-order valence-electron chi connectivity index (χ4n) is 4.20. The van der Waals surface area contributed by atoms with Crippen LogP contribution in [0, 0.1) is 0 Å². The molecule has 0 spiro atoms. The van der Waals surface area contributed by atoms with Crippen molar-refractivity contribution in [3.8, 4) is 5.75 Å². The van der Waals surface area contributed by atoms with E-state index in [0.29, 0.717) is 17.6 Å². The van der Waals surface area contributed by atoms with Gasteiger partial charge in [-0.05, 0) is 41.5 Å². The van der Waals surface area contributed by atoms with Crippen LogP contribution in [0.1, 0.15) is 17.0 Å². The second-order valence-corrected chi connectivity index (χ2v) is 7.84. The number of rotatable bonds is 7. The highest BCUT2D eigenvalue weighted by Gasteiger charge is 2.20. The molecule has 0 radical (unpaired) electrons. The van der Waals surface area contributed by atoms with Crippen LogP contribution in [0.3, 0.4) is 0 Å². The Balaban J connectivity index is 1.41. The molecule has 1 atom stereocenters. The number of aromatic amines is 1. The van der Waals surface area contributed by atoms with Gasteiger partial charge in [0, 0.05) is 29.6 Å². The SMILES string of the molecule is COc1ccc(C(CNC(=O)Cn2c(=O)oc3ccccc32)c2c[nH]c3ccccc23)cc1. The number of methoxy groups -OCH3 is 1. The van der Waals surface area contributed by atoms with E-state index in [1.807, 2.05) is 54.7 Å². The van der Waals surface area contributed by atoms with Gasteiger partial charge in [0.1, 0.15) is 12.3 Å². The zero-order valence-electron chi connectivity index (χ0n) is 18.1. The van der Waals surface area contributed by atoms with Crippen molar-refractivity contribution in [1.82, 2.24) is 14.9 Å². The summed E-state index contributed by atoms with van der Waals surface area (Å²) in [5.41, 5.74) is 4.23. The number of para-hydroxylation sites is 3. The van der Waals surface area contributed by atoms with Crippen molar-refractivity contribution in [2.45, 2.75) is 12.5 Å². The Hall–Kier alpha value is -4.26. The van der Waals surface area contributed by atoms with Gasteiger partial charge < -0.3 is 19.5 Å². The maximum absolute atomic E-state index is 12.8. The van der Waals surface area contributed by atoms with Gasteiger partial charge in [-0.25, -0.2) is 4.79 Å². The van der Waals surface area contributed by atoms with Crippen LogP contribution in [0.25, 0.3) is 22.0 Å².